The highest BCUT2D eigenvalue weighted by Gasteiger charge is 2.36. The molecule has 10 heteroatoms. The number of benzene rings is 2. The van der Waals surface area contributed by atoms with Crippen LogP contribution in [0.25, 0.3) is 0 Å². The summed E-state index contributed by atoms with van der Waals surface area (Å²) >= 11 is 19.3. The maximum absolute atomic E-state index is 13.6. The Hall–Kier alpha value is -3.02. The highest BCUT2D eigenvalue weighted by Crippen LogP contribution is 2.36. The number of methoxy groups -OCH3 is 1. The second-order valence-electron chi connectivity index (χ2n) is 11.3. The van der Waals surface area contributed by atoms with Crippen molar-refractivity contribution in [1.82, 2.24) is 9.88 Å². The zero-order chi connectivity index (χ0) is 30.5. The average molecular weight is 642 g/mol. The van der Waals surface area contributed by atoms with E-state index in [-0.39, 0.29) is 18.1 Å². The van der Waals surface area contributed by atoms with E-state index in [0.717, 1.165) is 60.3 Å². The van der Waals surface area contributed by atoms with Gasteiger partial charge in [0, 0.05) is 43.9 Å². The van der Waals surface area contributed by atoms with E-state index in [1.807, 2.05) is 54.3 Å². The summed E-state index contributed by atoms with van der Waals surface area (Å²) in [5, 5.41) is 11.6. The summed E-state index contributed by atoms with van der Waals surface area (Å²) in [6, 6.07) is 15.8. The minimum Gasteiger partial charge on any atom is -0.485 e. The molecule has 1 aromatic heterocycles. The molecule has 1 aliphatic heterocycles. The monoisotopic (exact) mass is 640 g/mol. The molecule has 3 aromatic rings. The Balaban J connectivity index is 1.20. The zero-order valence-electron chi connectivity index (χ0n) is 24.4. The minimum atomic E-state index is -0.808. The first-order valence-corrected chi connectivity index (χ1v) is 15.7. The predicted molar refractivity (Wildman–Crippen MR) is 170 cm³/mol. The van der Waals surface area contributed by atoms with E-state index in [4.69, 9.17) is 44.3 Å². The normalized spacial score (nSPS) is 17.0. The van der Waals surface area contributed by atoms with Crippen molar-refractivity contribution >= 4 is 46.5 Å². The molecule has 2 aromatic carbocycles. The molecule has 0 bridgehead atoms. The Morgan fingerprint density at radius 3 is 2.49 bits per heavy atom. The largest absolute Gasteiger partial charge is 0.485 e. The second kappa shape index (κ2) is 14.2. The second-order valence-corrected chi connectivity index (χ2v) is 12.5. The van der Waals surface area contributed by atoms with Crippen LogP contribution in [0.5, 0.6) is 5.75 Å². The number of ether oxygens (including phenoxy) is 2. The number of nitriles is 1. The Bertz CT molecular complexity index is 1470. The van der Waals surface area contributed by atoms with Gasteiger partial charge in [-0.25, -0.2) is 4.98 Å². The fourth-order valence-electron chi connectivity index (χ4n) is 5.43. The average Bonchev–Trinajstić information content (AvgIpc) is 3.73. The molecule has 0 radical (unpaired) electrons. The lowest BCUT2D eigenvalue weighted by atomic mass is 9.99. The summed E-state index contributed by atoms with van der Waals surface area (Å²) in [5.74, 6) is 0.355. The third-order valence-electron chi connectivity index (χ3n) is 7.92. The molecule has 2 heterocycles. The van der Waals surface area contributed by atoms with Gasteiger partial charge in [0.25, 0.3) is 0 Å². The number of nitrogens with zero attached hydrogens (tertiary/aromatic N) is 4. The van der Waals surface area contributed by atoms with Crippen molar-refractivity contribution in [3.05, 3.63) is 86.0 Å². The van der Waals surface area contributed by atoms with Crippen LogP contribution in [0.3, 0.4) is 0 Å². The first-order chi connectivity index (χ1) is 20.7. The highest BCUT2D eigenvalue weighted by molar-refractivity contribution is 6.37. The van der Waals surface area contributed by atoms with Crippen LogP contribution in [0.1, 0.15) is 41.5 Å². The van der Waals surface area contributed by atoms with E-state index in [0.29, 0.717) is 46.9 Å². The molecule has 1 aliphatic carbocycles. The summed E-state index contributed by atoms with van der Waals surface area (Å²) in [6.45, 7) is 4.36. The Morgan fingerprint density at radius 2 is 1.84 bits per heavy atom. The number of pyridine rings is 1. The Kier molecular flexibility index (Phi) is 10.4. The van der Waals surface area contributed by atoms with E-state index in [2.05, 4.69) is 16.0 Å². The molecule has 2 atom stereocenters. The lowest BCUT2D eigenvalue weighted by molar-refractivity contribution is -0.135. The van der Waals surface area contributed by atoms with Gasteiger partial charge in [0.1, 0.15) is 17.8 Å². The van der Waals surface area contributed by atoms with E-state index in [1.54, 1.807) is 13.3 Å². The summed E-state index contributed by atoms with van der Waals surface area (Å²) in [7, 11) is 1.67. The number of aromatic nitrogens is 1. The molecule has 5 rings (SSSR count). The fourth-order valence-corrected chi connectivity index (χ4v) is 6.29. The van der Waals surface area contributed by atoms with Gasteiger partial charge in [-0.05, 0) is 79.1 Å². The number of carbonyl (C=O) groups excluding carboxylic acids is 1. The van der Waals surface area contributed by atoms with Crippen molar-refractivity contribution in [1.29, 1.82) is 5.26 Å². The first-order valence-electron chi connectivity index (χ1n) is 14.5. The van der Waals surface area contributed by atoms with E-state index in [1.165, 1.54) is 0 Å². The number of aryl methyl sites for hydroxylation is 1. The molecule has 0 N–H and O–H groups in total. The maximum Gasteiger partial charge on any atom is 0.240 e. The van der Waals surface area contributed by atoms with Gasteiger partial charge in [-0.15, -0.1) is 0 Å². The van der Waals surface area contributed by atoms with Crippen molar-refractivity contribution in [2.45, 2.75) is 57.7 Å². The molecule has 43 heavy (non-hydrogen) atoms. The van der Waals surface area contributed by atoms with E-state index >= 15 is 0 Å². The van der Waals surface area contributed by atoms with Gasteiger partial charge in [0.05, 0.1) is 29.3 Å². The lowest BCUT2D eigenvalue weighted by Crippen LogP contribution is -2.38. The third kappa shape index (κ3) is 7.93. The quantitative estimate of drug-likeness (QED) is 0.211. The van der Waals surface area contributed by atoms with Crippen LogP contribution in [0.15, 0.2) is 48.7 Å². The summed E-state index contributed by atoms with van der Waals surface area (Å²) < 4.78 is 11.4. The maximum atomic E-state index is 13.6. The Labute approximate surface area is 268 Å². The van der Waals surface area contributed by atoms with E-state index in [9.17, 15) is 10.1 Å². The van der Waals surface area contributed by atoms with Gasteiger partial charge in [0.15, 0.2) is 5.75 Å². The SMILES string of the molecule is COCCc1ccc(Cl)c(CN(C(=O)C(C#N)Cc2ccc(N3CCC(Oc4c(Cl)cc(C)cc4Cl)C3)nc2)C2CC2)c1. The predicted octanol–water partition coefficient (Wildman–Crippen LogP) is 7.07. The number of hydrogen-bond donors (Lipinski definition) is 0. The molecule has 1 saturated heterocycles. The molecule has 7 nitrogen and oxygen atoms in total. The van der Waals surface area contributed by atoms with Crippen molar-refractivity contribution in [2.24, 2.45) is 5.92 Å². The number of carbonyl (C=O) groups is 1. The van der Waals surface area contributed by atoms with Crippen LogP contribution in [0.4, 0.5) is 5.82 Å². The lowest BCUT2D eigenvalue weighted by Gasteiger charge is -2.26. The standard InChI is InChI=1S/C33H35Cl3N4O3/c1-21-13-29(35)32(30(36)14-21)43-27-9-11-39(20-27)31-8-4-23(18-38-31)16-24(17-37)33(41)40(26-5-6-26)19-25-15-22(10-12-42-2)3-7-28(25)34/h3-4,7-8,13-15,18,24,26-27H,5-6,9-12,16,19-20H2,1-2H3. The minimum absolute atomic E-state index is 0.0673. The summed E-state index contributed by atoms with van der Waals surface area (Å²) in [4.78, 5) is 22.3. The topological polar surface area (TPSA) is 78.7 Å². The van der Waals surface area contributed by atoms with Gasteiger partial charge >= 0.3 is 0 Å². The van der Waals surface area contributed by atoms with Crippen LogP contribution < -0.4 is 9.64 Å². The number of rotatable bonds is 12. The molecule has 2 fully saturated rings. The fraction of sp³-hybridized carbons (Fsp3) is 0.424. The molecule has 226 valence electrons. The zero-order valence-corrected chi connectivity index (χ0v) is 26.6. The molecular weight excluding hydrogens is 607 g/mol. The van der Waals surface area contributed by atoms with Crippen molar-refractivity contribution in [3.63, 3.8) is 0 Å². The van der Waals surface area contributed by atoms with Gasteiger partial charge < -0.3 is 19.3 Å². The van der Waals surface area contributed by atoms with Crippen LogP contribution in [-0.2, 0) is 28.9 Å². The Morgan fingerprint density at radius 1 is 1.09 bits per heavy atom. The van der Waals surface area contributed by atoms with Gasteiger partial charge in [-0.3, -0.25) is 4.79 Å². The summed E-state index contributed by atoms with van der Waals surface area (Å²) in [6.07, 6.45) is 5.43. The number of halogens is 3. The smallest absolute Gasteiger partial charge is 0.240 e. The third-order valence-corrected chi connectivity index (χ3v) is 8.85. The van der Waals surface area contributed by atoms with Gasteiger partial charge in [-0.2, -0.15) is 5.26 Å². The molecule has 2 unspecified atom stereocenters. The number of anilines is 1. The van der Waals surface area contributed by atoms with Crippen LogP contribution in [0.2, 0.25) is 15.1 Å². The molecule has 1 saturated carbocycles. The summed E-state index contributed by atoms with van der Waals surface area (Å²) in [5.41, 5.74) is 3.81. The molecular formula is C33H35Cl3N4O3. The van der Waals surface area contributed by atoms with Crippen LogP contribution in [0, 0.1) is 24.2 Å². The highest BCUT2D eigenvalue weighted by atomic mass is 35.5. The molecule has 1 amide bonds. The van der Waals surface area contributed by atoms with Crippen molar-refractivity contribution < 1.29 is 14.3 Å². The first kappa shape index (κ1) is 31.4. The van der Waals surface area contributed by atoms with Crippen molar-refractivity contribution in [2.75, 3.05) is 31.7 Å². The number of amides is 1. The van der Waals surface area contributed by atoms with Crippen LogP contribution in [-0.4, -0.2) is 54.7 Å². The van der Waals surface area contributed by atoms with Gasteiger partial charge in [0.2, 0.25) is 5.91 Å². The van der Waals surface area contributed by atoms with E-state index < -0.39 is 5.92 Å². The van der Waals surface area contributed by atoms with Crippen LogP contribution >= 0.6 is 34.8 Å². The number of hydrogen-bond acceptors (Lipinski definition) is 6. The van der Waals surface area contributed by atoms with Gasteiger partial charge in [-0.1, -0.05) is 53.0 Å². The molecule has 0 spiro atoms. The molecule has 2 aliphatic rings. The van der Waals surface area contributed by atoms with Crippen molar-refractivity contribution in [3.8, 4) is 11.8 Å².